The van der Waals surface area contributed by atoms with E-state index in [1.54, 1.807) is 6.07 Å². The summed E-state index contributed by atoms with van der Waals surface area (Å²) in [4.78, 5) is 30.9. The van der Waals surface area contributed by atoms with Gasteiger partial charge < -0.3 is 14.8 Å². The average Bonchev–Trinajstić information content (AvgIpc) is 2.60. The van der Waals surface area contributed by atoms with Gasteiger partial charge in [0.2, 0.25) is 5.56 Å². The number of pyridine rings is 1. The normalized spacial score (nSPS) is 15.3. The minimum absolute atomic E-state index is 0.0865. The Hall–Kier alpha value is -2.56. The van der Waals surface area contributed by atoms with Crippen molar-refractivity contribution in [2.45, 2.75) is 25.8 Å². The van der Waals surface area contributed by atoms with Crippen LogP contribution in [0.15, 0.2) is 47.3 Å². The molecule has 1 fully saturated rings. The maximum Gasteiger partial charge on any atom is 0.270 e. The van der Waals surface area contributed by atoms with Crippen molar-refractivity contribution in [3.8, 4) is 0 Å². The van der Waals surface area contributed by atoms with Gasteiger partial charge >= 0.3 is 0 Å². The Kier molecular flexibility index (Phi) is 4.69. The second-order valence-electron chi connectivity index (χ2n) is 6.41. The zero-order valence-electron chi connectivity index (χ0n) is 14.2. The van der Waals surface area contributed by atoms with Gasteiger partial charge in [-0.15, -0.1) is 0 Å². The fourth-order valence-electron chi connectivity index (χ4n) is 3.30. The summed E-state index contributed by atoms with van der Waals surface area (Å²) in [5.41, 5.74) is 2.16. The van der Waals surface area contributed by atoms with Crippen molar-refractivity contribution in [1.82, 2.24) is 9.88 Å². The number of piperidine rings is 1. The molecule has 1 aliphatic rings. The monoisotopic (exact) mass is 325 g/mol. The maximum atomic E-state index is 12.6. The number of aryl methyl sites for hydroxylation is 1. The summed E-state index contributed by atoms with van der Waals surface area (Å²) in [6.07, 6.45) is 1.85. The Morgan fingerprint density at radius 2 is 1.83 bits per heavy atom. The van der Waals surface area contributed by atoms with Gasteiger partial charge in [-0.2, -0.15) is 0 Å². The Balaban J connectivity index is 1.64. The number of hydrogen-bond donors (Lipinski definition) is 1. The van der Waals surface area contributed by atoms with E-state index < -0.39 is 0 Å². The first kappa shape index (κ1) is 16.3. The molecule has 3 rings (SSSR count). The summed E-state index contributed by atoms with van der Waals surface area (Å²) in [6.45, 7) is 3.24. The Bertz CT molecular complexity index is 762. The molecule has 1 aromatic carbocycles. The molecule has 1 saturated heterocycles. The molecule has 0 aliphatic carbocycles. The molecule has 2 aromatic rings. The van der Waals surface area contributed by atoms with E-state index >= 15 is 0 Å². The molecule has 0 atom stereocenters. The number of nitrogens with one attached hydrogen (secondary N) is 1. The van der Waals surface area contributed by atoms with E-state index in [0.717, 1.165) is 18.4 Å². The molecule has 126 valence electrons. The molecule has 1 N–H and O–H groups in total. The van der Waals surface area contributed by atoms with Crippen molar-refractivity contribution in [3.63, 3.8) is 0 Å². The number of nitrogens with zero attached hydrogens (tertiary/aromatic N) is 2. The quantitative estimate of drug-likeness (QED) is 0.943. The van der Waals surface area contributed by atoms with Gasteiger partial charge in [0.05, 0.1) is 0 Å². The van der Waals surface area contributed by atoms with Crippen LogP contribution < -0.4 is 10.5 Å². The Morgan fingerprint density at radius 1 is 1.17 bits per heavy atom. The molecule has 0 spiro atoms. The fourth-order valence-corrected chi connectivity index (χ4v) is 3.30. The summed E-state index contributed by atoms with van der Waals surface area (Å²) in [6, 6.07) is 14.0. The van der Waals surface area contributed by atoms with Crippen LogP contribution in [-0.4, -0.2) is 42.0 Å². The lowest BCUT2D eigenvalue weighted by molar-refractivity contribution is 0.0707. The van der Waals surface area contributed by atoms with Crippen LogP contribution in [0.5, 0.6) is 0 Å². The highest BCUT2D eigenvalue weighted by Gasteiger charge is 2.26. The van der Waals surface area contributed by atoms with Crippen molar-refractivity contribution >= 4 is 11.6 Å². The van der Waals surface area contributed by atoms with Gasteiger partial charge in [0.15, 0.2) is 0 Å². The molecular weight excluding hydrogens is 302 g/mol. The summed E-state index contributed by atoms with van der Waals surface area (Å²) in [5, 5.41) is 0. The van der Waals surface area contributed by atoms with E-state index in [-0.39, 0.29) is 11.5 Å². The minimum Gasteiger partial charge on any atom is -0.371 e. The lowest BCUT2D eigenvalue weighted by Gasteiger charge is -2.37. The van der Waals surface area contributed by atoms with Gasteiger partial charge in [-0.05, 0) is 43.5 Å². The molecule has 2 heterocycles. The van der Waals surface area contributed by atoms with Crippen LogP contribution in [0, 0.1) is 6.92 Å². The number of anilines is 1. The second-order valence-corrected chi connectivity index (χ2v) is 6.41. The first-order valence-corrected chi connectivity index (χ1v) is 8.33. The summed E-state index contributed by atoms with van der Waals surface area (Å²) in [5.74, 6) is -0.0865. The van der Waals surface area contributed by atoms with Gasteiger partial charge in [0.25, 0.3) is 5.91 Å². The van der Waals surface area contributed by atoms with Crippen molar-refractivity contribution in [2.24, 2.45) is 0 Å². The van der Waals surface area contributed by atoms with Crippen LogP contribution in [0.2, 0.25) is 0 Å². The van der Waals surface area contributed by atoms with Crippen LogP contribution in [0.25, 0.3) is 0 Å². The highest BCUT2D eigenvalue weighted by atomic mass is 16.2. The van der Waals surface area contributed by atoms with Crippen molar-refractivity contribution in [1.29, 1.82) is 0 Å². The number of hydrogen-bond acceptors (Lipinski definition) is 3. The highest BCUT2D eigenvalue weighted by Crippen LogP contribution is 2.22. The second kappa shape index (κ2) is 6.91. The fraction of sp³-hybridized carbons (Fsp3) is 0.368. The largest absolute Gasteiger partial charge is 0.371 e. The number of aromatic amines is 1. The number of aromatic nitrogens is 1. The number of carbonyl (C=O) groups excluding carboxylic acids is 1. The number of H-pyrrole nitrogens is 1. The Morgan fingerprint density at radius 3 is 2.46 bits per heavy atom. The molecule has 0 saturated carbocycles. The van der Waals surface area contributed by atoms with E-state index in [0.29, 0.717) is 24.8 Å². The number of likely N-dealkylation sites (tertiary alicyclic amines) is 1. The van der Waals surface area contributed by atoms with E-state index in [4.69, 9.17) is 0 Å². The standard InChI is InChI=1S/C19H23N3O2/c1-14-12-17(20-18(23)13-14)19(24)22-10-8-16(9-11-22)21(2)15-6-4-3-5-7-15/h3-7,12-13,16H,8-11H2,1-2H3,(H,20,23). The van der Waals surface area contributed by atoms with Crippen LogP contribution in [0.3, 0.4) is 0 Å². The number of carbonyl (C=O) groups is 1. The van der Waals surface area contributed by atoms with Crippen molar-refractivity contribution in [3.05, 3.63) is 64.1 Å². The Labute approximate surface area is 141 Å². The molecule has 0 bridgehead atoms. The predicted molar refractivity (Wildman–Crippen MR) is 95.6 cm³/mol. The van der Waals surface area contributed by atoms with Crippen LogP contribution in [-0.2, 0) is 0 Å². The number of amides is 1. The van der Waals surface area contributed by atoms with Crippen molar-refractivity contribution < 1.29 is 4.79 Å². The van der Waals surface area contributed by atoms with Gasteiger partial charge in [-0.1, -0.05) is 18.2 Å². The molecular formula is C19H23N3O2. The van der Waals surface area contributed by atoms with Crippen LogP contribution >= 0.6 is 0 Å². The first-order valence-electron chi connectivity index (χ1n) is 8.33. The van der Waals surface area contributed by atoms with E-state index in [2.05, 4.69) is 29.1 Å². The van der Waals surface area contributed by atoms with Crippen LogP contribution in [0.1, 0.15) is 28.9 Å². The number of rotatable bonds is 3. The molecule has 0 radical (unpaired) electrons. The lowest BCUT2D eigenvalue weighted by atomic mass is 10.0. The smallest absolute Gasteiger partial charge is 0.270 e. The van der Waals surface area contributed by atoms with Gasteiger partial charge in [-0.25, -0.2) is 0 Å². The molecule has 5 heteroatoms. The first-order chi connectivity index (χ1) is 11.5. The third-order valence-corrected chi connectivity index (χ3v) is 4.68. The topological polar surface area (TPSA) is 56.4 Å². The summed E-state index contributed by atoms with van der Waals surface area (Å²) in [7, 11) is 2.11. The molecule has 0 unspecified atom stereocenters. The van der Waals surface area contributed by atoms with Gasteiger partial charge in [-0.3, -0.25) is 9.59 Å². The van der Waals surface area contributed by atoms with E-state index in [9.17, 15) is 9.59 Å². The number of benzene rings is 1. The SMILES string of the molecule is Cc1cc(C(=O)N2CCC(N(C)c3ccccc3)CC2)[nH]c(=O)c1. The minimum atomic E-state index is -0.225. The van der Waals surface area contributed by atoms with Crippen LogP contribution in [0.4, 0.5) is 5.69 Å². The zero-order chi connectivity index (χ0) is 17.1. The third kappa shape index (κ3) is 3.50. The van der Waals surface area contributed by atoms with Gasteiger partial charge in [0, 0.05) is 37.9 Å². The summed E-state index contributed by atoms with van der Waals surface area (Å²) >= 11 is 0. The maximum absolute atomic E-state index is 12.6. The van der Waals surface area contributed by atoms with E-state index in [1.165, 1.54) is 11.8 Å². The third-order valence-electron chi connectivity index (χ3n) is 4.68. The van der Waals surface area contributed by atoms with Crippen molar-refractivity contribution in [2.75, 3.05) is 25.0 Å². The molecule has 24 heavy (non-hydrogen) atoms. The molecule has 1 amide bonds. The average molecular weight is 325 g/mol. The predicted octanol–water partition coefficient (Wildman–Crippen LogP) is 2.42. The highest BCUT2D eigenvalue weighted by molar-refractivity contribution is 5.92. The molecule has 1 aliphatic heterocycles. The zero-order valence-corrected chi connectivity index (χ0v) is 14.2. The summed E-state index contributed by atoms with van der Waals surface area (Å²) < 4.78 is 0. The number of para-hydroxylation sites is 1. The lowest BCUT2D eigenvalue weighted by Crippen LogP contribution is -2.46. The van der Waals surface area contributed by atoms with E-state index in [1.807, 2.05) is 30.0 Å². The molecule has 1 aromatic heterocycles. The molecule has 5 nitrogen and oxygen atoms in total. The van der Waals surface area contributed by atoms with Gasteiger partial charge in [0.1, 0.15) is 5.69 Å².